The molecule has 2 N–H and O–H groups in total. The molecule has 10 nitrogen and oxygen atoms in total. The topological polar surface area (TPSA) is 118 Å². The molecule has 10 heteroatoms. The second kappa shape index (κ2) is 11.3. The number of hydrazine groups is 2. The number of nitrogens with one attached hydrogen (secondary N) is 2. The van der Waals surface area contributed by atoms with E-state index >= 15 is 0 Å². The Morgan fingerprint density at radius 2 is 1.39 bits per heavy atom. The van der Waals surface area contributed by atoms with Gasteiger partial charge in [0.1, 0.15) is 11.5 Å². The van der Waals surface area contributed by atoms with Crippen LogP contribution >= 0.6 is 0 Å². The van der Waals surface area contributed by atoms with Crippen molar-refractivity contribution in [2.75, 3.05) is 14.1 Å². The smallest absolute Gasteiger partial charge is 0.248 e. The van der Waals surface area contributed by atoms with Gasteiger partial charge in [0.05, 0.1) is 0 Å². The van der Waals surface area contributed by atoms with Crippen molar-refractivity contribution in [1.82, 2.24) is 20.9 Å². The molecule has 0 fully saturated rings. The maximum absolute atomic E-state index is 12.3. The van der Waals surface area contributed by atoms with Crippen LogP contribution in [-0.2, 0) is 9.59 Å². The van der Waals surface area contributed by atoms with Crippen molar-refractivity contribution in [3.63, 3.8) is 0 Å². The van der Waals surface area contributed by atoms with Crippen molar-refractivity contribution >= 4 is 23.5 Å². The van der Waals surface area contributed by atoms with Gasteiger partial charge in [0.15, 0.2) is 5.84 Å². The summed E-state index contributed by atoms with van der Waals surface area (Å²) in [6.07, 6.45) is 1.20. The summed E-state index contributed by atoms with van der Waals surface area (Å²) in [6, 6.07) is 17.7. The highest BCUT2D eigenvalue weighted by atomic mass is 16.2. The Morgan fingerprint density at radius 3 is 1.84 bits per heavy atom. The lowest BCUT2D eigenvalue weighted by atomic mass is 10.2. The van der Waals surface area contributed by atoms with Gasteiger partial charge in [-0.05, 0) is 0 Å². The van der Waals surface area contributed by atoms with E-state index in [-0.39, 0.29) is 11.7 Å². The summed E-state index contributed by atoms with van der Waals surface area (Å²) in [5, 5.41) is 15.2. The van der Waals surface area contributed by atoms with Gasteiger partial charge < -0.3 is 0 Å². The normalized spacial score (nSPS) is 11.0. The first kappa shape index (κ1) is 22.6. The molecule has 0 aliphatic carbocycles. The second-order valence-electron chi connectivity index (χ2n) is 6.16. The van der Waals surface area contributed by atoms with Crippen molar-refractivity contribution in [3.05, 3.63) is 83.3 Å². The van der Waals surface area contributed by atoms with E-state index in [4.69, 9.17) is 11.8 Å². The van der Waals surface area contributed by atoms with Crippen LogP contribution < -0.4 is 10.9 Å². The molecule has 0 saturated heterocycles. The van der Waals surface area contributed by atoms with Gasteiger partial charge in [-0.2, -0.15) is 16.8 Å². The lowest BCUT2D eigenvalue weighted by Gasteiger charge is -2.22. The largest absolute Gasteiger partial charge is 0.273 e. The van der Waals surface area contributed by atoms with E-state index in [1.807, 2.05) is 12.1 Å². The molecule has 2 amide bonds. The van der Waals surface area contributed by atoms with Gasteiger partial charge in [-0.1, -0.05) is 60.7 Å². The molecule has 0 aliphatic heterocycles. The summed E-state index contributed by atoms with van der Waals surface area (Å²) in [4.78, 5) is 31.4. The number of nitriles is 1. The number of nitrogens with zero attached hydrogens (tertiary/aromatic N) is 6. The monoisotopic (exact) mass is 416 g/mol. The predicted molar refractivity (Wildman–Crippen MR) is 115 cm³/mol. The zero-order valence-corrected chi connectivity index (χ0v) is 17.0. The third-order valence-corrected chi connectivity index (χ3v) is 3.91. The first-order valence-corrected chi connectivity index (χ1v) is 9.04. The van der Waals surface area contributed by atoms with Gasteiger partial charge >= 0.3 is 0 Å². The van der Waals surface area contributed by atoms with Crippen LogP contribution in [0.5, 0.6) is 0 Å². The molecule has 0 heterocycles. The lowest BCUT2D eigenvalue weighted by molar-refractivity contribution is -0.132. The highest BCUT2D eigenvalue weighted by Crippen LogP contribution is 2.05. The summed E-state index contributed by atoms with van der Waals surface area (Å²) >= 11 is 0. The van der Waals surface area contributed by atoms with E-state index in [9.17, 15) is 9.59 Å². The molecule has 0 saturated carbocycles. The molecule has 0 aliphatic rings. The van der Waals surface area contributed by atoms with Crippen molar-refractivity contribution in [3.8, 4) is 6.19 Å². The number of carbonyl (C=O) groups is 2. The quantitative estimate of drug-likeness (QED) is 0.196. The van der Waals surface area contributed by atoms with Gasteiger partial charge in [0, 0.05) is 25.2 Å². The van der Waals surface area contributed by atoms with Crippen LogP contribution in [0.25, 0.3) is 4.95 Å². The molecule has 2 aromatic rings. The Morgan fingerprint density at radius 1 is 0.935 bits per heavy atom. The molecule has 0 aromatic heterocycles. The van der Waals surface area contributed by atoms with E-state index in [0.717, 1.165) is 0 Å². The van der Waals surface area contributed by atoms with Crippen LogP contribution in [0.2, 0.25) is 0 Å². The van der Waals surface area contributed by atoms with Gasteiger partial charge in [0.25, 0.3) is 0 Å². The van der Waals surface area contributed by atoms with E-state index < -0.39 is 18.2 Å². The summed E-state index contributed by atoms with van der Waals surface area (Å²) in [6.45, 7) is 6.99. The molecule has 0 spiro atoms. The van der Waals surface area contributed by atoms with E-state index in [0.29, 0.717) is 11.1 Å². The maximum atomic E-state index is 12.3. The Kier molecular flexibility index (Phi) is 8.26. The van der Waals surface area contributed by atoms with Crippen LogP contribution in [-0.4, -0.2) is 47.6 Å². The molecule has 0 radical (unpaired) electrons. The Labute approximate surface area is 179 Å². The Bertz CT molecular complexity index is 967. The molecule has 156 valence electrons. The second-order valence-corrected chi connectivity index (χ2v) is 6.16. The zero-order valence-electron chi connectivity index (χ0n) is 17.0. The average Bonchev–Trinajstić information content (AvgIpc) is 2.76. The number of rotatable bonds is 4. The highest BCUT2D eigenvalue weighted by molar-refractivity contribution is 6.03. The summed E-state index contributed by atoms with van der Waals surface area (Å²) < 4.78 is 0. The summed E-state index contributed by atoms with van der Waals surface area (Å²) in [5.74, 6) is -0.766. The molecular weight excluding hydrogens is 396 g/mol. The van der Waals surface area contributed by atoms with Gasteiger partial charge in [-0.25, -0.2) is 0 Å². The Hall–Kier alpha value is -4.70. The predicted octanol–water partition coefficient (Wildman–Crippen LogP) is 1.51. The third kappa shape index (κ3) is 6.69. The van der Waals surface area contributed by atoms with Crippen LogP contribution in [0.1, 0.15) is 17.5 Å². The number of hydrogen-bond acceptors (Lipinski definition) is 5. The van der Waals surface area contributed by atoms with E-state index in [2.05, 4.69) is 25.9 Å². The number of carbonyl (C=O) groups excluding carboxylic acids is 2. The lowest BCUT2D eigenvalue weighted by Crippen LogP contribution is -2.48. The van der Waals surface area contributed by atoms with Crippen LogP contribution in [0.3, 0.4) is 0 Å². The van der Waals surface area contributed by atoms with Gasteiger partial charge in [0.2, 0.25) is 23.8 Å². The molecule has 2 aromatic carbocycles. The number of aliphatic imine (C=N–C) groups is 1. The highest BCUT2D eigenvalue weighted by Gasteiger charge is 2.19. The average molecular weight is 416 g/mol. The molecule has 31 heavy (non-hydrogen) atoms. The number of hydrogen-bond donors (Lipinski definition) is 2. The fraction of sp³-hybridized carbons (Fsp3) is 0.143. The first-order valence-electron chi connectivity index (χ1n) is 9.04. The standard InChI is InChI=1S/C21H20N8O2/c1-23-25-21(17-12-8-5-9-13-17)29(3)27-19(31)14-18(30)26-28(2)20(24-15-22)16-10-6-4-7-11-16/h4-13H,14H2,2-3H3,(H,26,30)(H,27,31). The number of amidine groups is 2. The zero-order chi connectivity index (χ0) is 22.6. The van der Waals surface area contributed by atoms with Crippen LogP contribution in [0.15, 0.2) is 70.8 Å². The number of benzene rings is 2. The van der Waals surface area contributed by atoms with Crippen LogP contribution in [0.4, 0.5) is 0 Å². The Balaban J connectivity index is 1.99. The van der Waals surface area contributed by atoms with E-state index in [1.165, 1.54) is 24.1 Å². The third-order valence-electron chi connectivity index (χ3n) is 3.91. The molecule has 0 atom stereocenters. The SMILES string of the molecule is [C-]#[N+]N=C(c1ccccc1)N(C)NC(=O)CC(=O)NN(C)C(=NC#N)c1ccccc1. The van der Waals surface area contributed by atoms with Gasteiger partial charge in [-0.15, -0.1) is 4.95 Å². The van der Waals surface area contributed by atoms with Crippen molar-refractivity contribution in [2.45, 2.75) is 6.42 Å². The summed E-state index contributed by atoms with van der Waals surface area (Å²) in [5.41, 5.74) is 6.27. The number of amides is 2. The van der Waals surface area contributed by atoms with Gasteiger partial charge in [-0.3, -0.25) is 30.5 Å². The van der Waals surface area contributed by atoms with Crippen molar-refractivity contribution in [1.29, 1.82) is 5.26 Å². The first-order chi connectivity index (χ1) is 15.0. The van der Waals surface area contributed by atoms with Crippen LogP contribution in [0, 0.1) is 18.0 Å². The maximum Gasteiger partial charge on any atom is 0.248 e. The fourth-order valence-corrected chi connectivity index (χ4v) is 2.63. The van der Waals surface area contributed by atoms with Crippen molar-refractivity contribution < 1.29 is 9.59 Å². The molecule has 0 bridgehead atoms. The minimum Gasteiger partial charge on any atom is -0.273 e. The molecule has 2 rings (SSSR count). The minimum absolute atomic E-state index is 0.226. The summed E-state index contributed by atoms with van der Waals surface area (Å²) in [7, 11) is 3.03. The molecular formula is C21H20N8O2. The fourth-order valence-electron chi connectivity index (χ4n) is 2.63. The minimum atomic E-state index is -0.613. The van der Waals surface area contributed by atoms with E-state index in [1.54, 1.807) is 54.7 Å². The molecule has 0 unspecified atom stereocenters. The van der Waals surface area contributed by atoms with Crippen molar-refractivity contribution in [2.24, 2.45) is 10.1 Å².